The molecular formula is C25H17BrN4O3. The van der Waals surface area contributed by atoms with Crippen LogP contribution in [0.2, 0.25) is 0 Å². The number of amides is 1. The zero-order valence-corrected chi connectivity index (χ0v) is 18.8. The molecule has 8 heteroatoms. The Morgan fingerprint density at radius 1 is 1.12 bits per heavy atom. The van der Waals surface area contributed by atoms with Crippen LogP contribution in [0.1, 0.15) is 11.1 Å². The third kappa shape index (κ3) is 5.00. The molecule has 0 atom stereocenters. The van der Waals surface area contributed by atoms with E-state index in [1.165, 1.54) is 30.3 Å². The number of halogens is 1. The van der Waals surface area contributed by atoms with Crippen LogP contribution in [-0.4, -0.2) is 15.4 Å². The van der Waals surface area contributed by atoms with Gasteiger partial charge in [-0.05, 0) is 35.9 Å². The summed E-state index contributed by atoms with van der Waals surface area (Å²) in [6.45, 7) is 0.628. The van der Waals surface area contributed by atoms with E-state index in [1.54, 1.807) is 0 Å². The third-order valence-corrected chi connectivity index (χ3v) is 5.59. The highest BCUT2D eigenvalue weighted by Gasteiger charge is 2.14. The molecule has 4 aromatic rings. The minimum Gasteiger partial charge on any atom is -0.342 e. The van der Waals surface area contributed by atoms with E-state index < -0.39 is 10.8 Å². The van der Waals surface area contributed by atoms with E-state index in [2.05, 4.69) is 25.8 Å². The van der Waals surface area contributed by atoms with Crippen molar-refractivity contribution >= 4 is 50.2 Å². The molecule has 0 spiro atoms. The van der Waals surface area contributed by atoms with Crippen LogP contribution < -0.4 is 5.32 Å². The summed E-state index contributed by atoms with van der Waals surface area (Å²) in [5.74, 6) is -0.636. The van der Waals surface area contributed by atoms with Crippen molar-refractivity contribution < 1.29 is 9.72 Å². The van der Waals surface area contributed by atoms with Gasteiger partial charge in [0.2, 0.25) is 0 Å². The molecule has 1 aromatic heterocycles. The number of aromatic nitrogens is 1. The lowest BCUT2D eigenvalue weighted by atomic mass is 10.1. The van der Waals surface area contributed by atoms with Crippen LogP contribution in [-0.2, 0) is 11.3 Å². The summed E-state index contributed by atoms with van der Waals surface area (Å²) < 4.78 is 3.07. The van der Waals surface area contributed by atoms with E-state index in [0.717, 1.165) is 26.5 Å². The maximum Gasteiger partial charge on any atom is 0.271 e. The highest BCUT2D eigenvalue weighted by molar-refractivity contribution is 9.10. The van der Waals surface area contributed by atoms with Crippen molar-refractivity contribution in [2.75, 3.05) is 5.32 Å². The largest absolute Gasteiger partial charge is 0.342 e. The molecular weight excluding hydrogens is 484 g/mol. The van der Waals surface area contributed by atoms with Crippen molar-refractivity contribution in [2.45, 2.75) is 6.54 Å². The number of nitrogens with one attached hydrogen (secondary N) is 1. The SMILES string of the molecule is N#C/C(=C\c1cn(Cc2ccc(Br)cc2)c2ccccc12)C(=O)Nc1cccc([N+](=O)[O-])c1. The summed E-state index contributed by atoms with van der Waals surface area (Å²) in [5.41, 5.74) is 2.81. The molecule has 4 rings (SSSR count). The first kappa shape index (κ1) is 22.0. The van der Waals surface area contributed by atoms with Crippen molar-refractivity contribution in [1.29, 1.82) is 5.26 Å². The summed E-state index contributed by atoms with van der Waals surface area (Å²) in [6.07, 6.45) is 3.44. The number of benzene rings is 3. The molecule has 1 N–H and O–H groups in total. The molecule has 0 saturated carbocycles. The van der Waals surface area contributed by atoms with E-state index in [-0.39, 0.29) is 16.9 Å². The van der Waals surface area contributed by atoms with Gasteiger partial charge in [0, 0.05) is 51.5 Å². The standard InChI is InChI=1S/C25H17BrN4O3/c26-20-10-8-17(9-11-20)15-29-16-19(23-6-1-2-7-24(23)29)12-18(14-27)25(31)28-21-4-3-5-22(13-21)30(32)33/h1-13,16H,15H2,(H,28,31)/b18-12+. The van der Waals surface area contributed by atoms with Gasteiger partial charge in [-0.25, -0.2) is 0 Å². The molecule has 0 saturated heterocycles. The van der Waals surface area contributed by atoms with E-state index in [0.29, 0.717) is 6.54 Å². The number of nitro benzene ring substituents is 1. The molecule has 0 fully saturated rings. The number of nitrogens with zero attached hydrogens (tertiary/aromatic N) is 3. The number of non-ortho nitro benzene ring substituents is 1. The Morgan fingerprint density at radius 3 is 2.61 bits per heavy atom. The first-order valence-electron chi connectivity index (χ1n) is 9.94. The van der Waals surface area contributed by atoms with Gasteiger partial charge < -0.3 is 9.88 Å². The third-order valence-electron chi connectivity index (χ3n) is 5.07. The fourth-order valence-electron chi connectivity index (χ4n) is 3.51. The lowest BCUT2D eigenvalue weighted by Gasteiger charge is -2.05. The molecule has 0 bridgehead atoms. The smallest absolute Gasteiger partial charge is 0.271 e. The molecule has 0 aliphatic rings. The summed E-state index contributed by atoms with van der Waals surface area (Å²) in [5, 5.41) is 24.1. The zero-order valence-electron chi connectivity index (χ0n) is 17.2. The lowest BCUT2D eigenvalue weighted by Crippen LogP contribution is -2.13. The Balaban J connectivity index is 1.66. The van der Waals surface area contributed by atoms with Gasteiger partial charge in [0.1, 0.15) is 11.6 Å². The number of anilines is 1. The molecule has 3 aromatic carbocycles. The van der Waals surface area contributed by atoms with Gasteiger partial charge in [0.25, 0.3) is 11.6 Å². The summed E-state index contributed by atoms with van der Waals surface area (Å²) in [7, 11) is 0. The lowest BCUT2D eigenvalue weighted by molar-refractivity contribution is -0.384. The number of hydrogen-bond acceptors (Lipinski definition) is 4. The Bertz CT molecular complexity index is 1430. The Kier molecular flexibility index (Phi) is 6.33. The second-order valence-corrected chi connectivity index (χ2v) is 8.20. The molecule has 1 heterocycles. The Labute approximate surface area is 197 Å². The summed E-state index contributed by atoms with van der Waals surface area (Å²) >= 11 is 3.44. The van der Waals surface area contributed by atoms with Gasteiger partial charge in [-0.1, -0.05) is 52.3 Å². The molecule has 0 radical (unpaired) electrons. The van der Waals surface area contributed by atoms with E-state index in [4.69, 9.17) is 0 Å². The Morgan fingerprint density at radius 2 is 1.88 bits per heavy atom. The van der Waals surface area contributed by atoms with Crippen molar-refractivity contribution in [3.8, 4) is 6.07 Å². The quantitative estimate of drug-likeness (QED) is 0.154. The topological polar surface area (TPSA) is 101 Å². The first-order valence-corrected chi connectivity index (χ1v) is 10.7. The second kappa shape index (κ2) is 9.51. The van der Waals surface area contributed by atoms with Gasteiger partial charge in [0.15, 0.2) is 0 Å². The van der Waals surface area contributed by atoms with Crippen LogP contribution in [0.25, 0.3) is 17.0 Å². The van der Waals surface area contributed by atoms with Gasteiger partial charge in [-0.2, -0.15) is 5.26 Å². The molecule has 0 aliphatic carbocycles. The van der Waals surface area contributed by atoms with Crippen LogP contribution in [0.3, 0.4) is 0 Å². The molecule has 1 amide bonds. The van der Waals surface area contributed by atoms with Crippen LogP contribution in [0.4, 0.5) is 11.4 Å². The van der Waals surface area contributed by atoms with Crippen molar-refractivity contribution in [2.24, 2.45) is 0 Å². The van der Waals surface area contributed by atoms with Crippen LogP contribution in [0.15, 0.2) is 89.0 Å². The zero-order chi connectivity index (χ0) is 23.4. The summed E-state index contributed by atoms with van der Waals surface area (Å²) in [4.78, 5) is 23.1. The van der Waals surface area contributed by atoms with Crippen LogP contribution >= 0.6 is 15.9 Å². The van der Waals surface area contributed by atoms with E-state index in [9.17, 15) is 20.2 Å². The number of fused-ring (bicyclic) bond motifs is 1. The van der Waals surface area contributed by atoms with Gasteiger partial charge in [-0.15, -0.1) is 0 Å². The fourth-order valence-corrected chi connectivity index (χ4v) is 3.77. The Hall–Kier alpha value is -4.22. The monoisotopic (exact) mass is 500 g/mol. The molecule has 0 unspecified atom stereocenters. The minimum absolute atomic E-state index is 0.104. The number of para-hydroxylation sites is 1. The number of rotatable bonds is 6. The van der Waals surface area contributed by atoms with Gasteiger partial charge in [-0.3, -0.25) is 14.9 Å². The first-order chi connectivity index (χ1) is 15.9. The maximum absolute atomic E-state index is 12.7. The number of hydrogen-bond donors (Lipinski definition) is 1. The van der Waals surface area contributed by atoms with Crippen molar-refractivity contribution in [1.82, 2.24) is 4.57 Å². The number of carbonyl (C=O) groups excluding carboxylic acids is 1. The van der Waals surface area contributed by atoms with Crippen molar-refractivity contribution in [3.05, 3.63) is 110 Å². The average molecular weight is 501 g/mol. The normalized spacial score (nSPS) is 11.2. The maximum atomic E-state index is 12.7. The number of carbonyl (C=O) groups is 1. The minimum atomic E-state index is -0.636. The molecule has 33 heavy (non-hydrogen) atoms. The predicted molar refractivity (Wildman–Crippen MR) is 130 cm³/mol. The highest BCUT2D eigenvalue weighted by Crippen LogP contribution is 2.25. The summed E-state index contributed by atoms with van der Waals surface area (Å²) in [6, 6.07) is 23.3. The van der Waals surface area contributed by atoms with Gasteiger partial charge >= 0.3 is 0 Å². The van der Waals surface area contributed by atoms with Crippen LogP contribution in [0.5, 0.6) is 0 Å². The molecule has 0 aliphatic heterocycles. The predicted octanol–water partition coefficient (Wildman–Crippen LogP) is 5.91. The van der Waals surface area contributed by atoms with E-state index >= 15 is 0 Å². The number of nitriles is 1. The fraction of sp³-hybridized carbons (Fsp3) is 0.0400. The van der Waals surface area contributed by atoms with E-state index in [1.807, 2.05) is 60.8 Å². The van der Waals surface area contributed by atoms with Crippen molar-refractivity contribution in [3.63, 3.8) is 0 Å². The molecule has 7 nitrogen and oxygen atoms in total. The average Bonchev–Trinajstić information content (AvgIpc) is 3.16. The highest BCUT2D eigenvalue weighted by atomic mass is 79.9. The second-order valence-electron chi connectivity index (χ2n) is 7.29. The van der Waals surface area contributed by atoms with Gasteiger partial charge in [0.05, 0.1) is 4.92 Å². The molecule has 162 valence electrons. The number of nitro groups is 1. The van der Waals surface area contributed by atoms with Crippen LogP contribution in [0, 0.1) is 21.4 Å².